The van der Waals surface area contributed by atoms with E-state index in [0.29, 0.717) is 24.7 Å². The lowest BCUT2D eigenvalue weighted by Gasteiger charge is -2.21. The Hall–Kier alpha value is -3.62. The van der Waals surface area contributed by atoms with Crippen molar-refractivity contribution in [1.29, 1.82) is 0 Å². The Morgan fingerprint density at radius 1 is 1.21 bits per heavy atom. The van der Waals surface area contributed by atoms with E-state index < -0.39 is 0 Å². The lowest BCUT2D eigenvalue weighted by molar-refractivity contribution is -0.123. The Labute approximate surface area is 161 Å². The van der Waals surface area contributed by atoms with Crippen LogP contribution in [0.1, 0.15) is 18.5 Å². The Morgan fingerprint density at radius 2 is 2.07 bits per heavy atom. The molecule has 9 heteroatoms. The summed E-state index contributed by atoms with van der Waals surface area (Å²) in [6.07, 6.45) is 1.49. The summed E-state index contributed by atoms with van der Waals surface area (Å²) < 4.78 is 18.2. The first-order valence-corrected chi connectivity index (χ1v) is 8.84. The van der Waals surface area contributed by atoms with Crippen LogP contribution in [0, 0.1) is 0 Å². The molecule has 0 saturated heterocycles. The van der Waals surface area contributed by atoms with Crippen LogP contribution >= 0.6 is 0 Å². The van der Waals surface area contributed by atoms with Crippen LogP contribution in [-0.2, 0) is 4.79 Å². The number of tetrazole rings is 1. The summed E-state index contributed by atoms with van der Waals surface area (Å²) in [4.78, 5) is 12.3. The predicted octanol–water partition coefficient (Wildman–Crippen LogP) is 1.69. The van der Waals surface area contributed by atoms with Crippen LogP contribution in [0.5, 0.6) is 17.2 Å². The van der Waals surface area contributed by atoms with Gasteiger partial charge in [-0.1, -0.05) is 12.1 Å². The molecule has 0 bridgehead atoms. The highest BCUT2D eigenvalue weighted by Gasteiger charge is 2.16. The molecule has 0 saturated carbocycles. The molecule has 9 nitrogen and oxygen atoms in total. The SMILES string of the molecule is CC(NC(=O)COc1cccc(-n2cnnn2)c1)c1ccc2c(c1)OCCO2. The second kappa shape index (κ2) is 7.95. The molecule has 2 heterocycles. The van der Waals surface area contributed by atoms with Gasteiger partial charge >= 0.3 is 0 Å². The van der Waals surface area contributed by atoms with Gasteiger partial charge in [0, 0.05) is 6.07 Å². The van der Waals surface area contributed by atoms with Crippen LogP contribution in [0.4, 0.5) is 0 Å². The number of amides is 1. The molecule has 1 aliphatic heterocycles. The maximum Gasteiger partial charge on any atom is 0.258 e. The van der Waals surface area contributed by atoms with E-state index in [2.05, 4.69) is 20.8 Å². The van der Waals surface area contributed by atoms with E-state index in [0.717, 1.165) is 17.0 Å². The summed E-state index contributed by atoms with van der Waals surface area (Å²) in [7, 11) is 0. The molecule has 144 valence electrons. The fourth-order valence-corrected chi connectivity index (χ4v) is 2.84. The van der Waals surface area contributed by atoms with Gasteiger partial charge in [0.2, 0.25) is 0 Å². The van der Waals surface area contributed by atoms with Gasteiger partial charge in [-0.25, -0.2) is 4.68 Å². The van der Waals surface area contributed by atoms with E-state index in [-0.39, 0.29) is 18.6 Å². The van der Waals surface area contributed by atoms with Gasteiger partial charge in [-0.05, 0) is 47.2 Å². The minimum Gasteiger partial charge on any atom is -0.486 e. The van der Waals surface area contributed by atoms with Crippen LogP contribution in [0.25, 0.3) is 5.69 Å². The van der Waals surface area contributed by atoms with Crippen molar-refractivity contribution in [2.45, 2.75) is 13.0 Å². The fraction of sp³-hybridized carbons (Fsp3) is 0.263. The average molecular weight is 381 g/mol. The van der Waals surface area contributed by atoms with Crippen molar-refractivity contribution in [3.63, 3.8) is 0 Å². The van der Waals surface area contributed by atoms with Gasteiger partial charge in [0.05, 0.1) is 11.7 Å². The smallest absolute Gasteiger partial charge is 0.258 e. The Morgan fingerprint density at radius 3 is 2.89 bits per heavy atom. The van der Waals surface area contributed by atoms with Crippen molar-refractivity contribution in [3.05, 3.63) is 54.4 Å². The van der Waals surface area contributed by atoms with Crippen LogP contribution in [0.3, 0.4) is 0 Å². The Kier molecular flexibility index (Phi) is 5.05. The van der Waals surface area contributed by atoms with Gasteiger partial charge in [0.15, 0.2) is 18.1 Å². The monoisotopic (exact) mass is 381 g/mol. The summed E-state index contributed by atoms with van der Waals surface area (Å²) in [5.74, 6) is 1.74. The van der Waals surface area contributed by atoms with Crippen LogP contribution in [-0.4, -0.2) is 45.9 Å². The van der Waals surface area contributed by atoms with E-state index in [4.69, 9.17) is 14.2 Å². The summed E-state index contributed by atoms with van der Waals surface area (Å²) in [6, 6.07) is 12.6. The fourth-order valence-electron chi connectivity index (χ4n) is 2.84. The van der Waals surface area contributed by atoms with Gasteiger partial charge in [-0.3, -0.25) is 4.79 Å². The van der Waals surface area contributed by atoms with Crippen molar-refractivity contribution in [2.75, 3.05) is 19.8 Å². The number of carbonyl (C=O) groups is 1. The standard InChI is InChI=1S/C19H19N5O4/c1-13(14-5-6-17-18(9-14)27-8-7-26-17)21-19(25)11-28-16-4-2-3-15(10-16)24-12-20-22-23-24/h2-6,9-10,12-13H,7-8,11H2,1H3,(H,21,25). The molecule has 0 spiro atoms. The molecule has 1 unspecified atom stereocenters. The van der Waals surface area contributed by atoms with E-state index in [9.17, 15) is 4.79 Å². The van der Waals surface area contributed by atoms with Crippen LogP contribution in [0.15, 0.2) is 48.8 Å². The molecule has 3 aromatic rings. The molecular weight excluding hydrogens is 362 g/mol. The summed E-state index contributed by atoms with van der Waals surface area (Å²) in [5, 5.41) is 13.9. The molecule has 28 heavy (non-hydrogen) atoms. The Bertz CT molecular complexity index is 961. The first-order chi connectivity index (χ1) is 13.7. The van der Waals surface area contributed by atoms with Gasteiger partial charge in [-0.15, -0.1) is 5.10 Å². The average Bonchev–Trinajstić information content (AvgIpc) is 3.27. The summed E-state index contributed by atoms with van der Waals surface area (Å²) >= 11 is 0. The first-order valence-electron chi connectivity index (χ1n) is 8.84. The number of hydrogen-bond donors (Lipinski definition) is 1. The zero-order chi connectivity index (χ0) is 19.3. The number of nitrogens with one attached hydrogen (secondary N) is 1. The number of rotatable bonds is 6. The molecule has 1 aromatic heterocycles. The maximum absolute atomic E-state index is 12.3. The number of nitrogens with zero attached hydrogens (tertiary/aromatic N) is 4. The molecule has 0 aliphatic carbocycles. The minimum absolute atomic E-state index is 0.103. The van der Waals surface area contributed by atoms with E-state index in [1.165, 1.54) is 11.0 Å². The second-order valence-corrected chi connectivity index (χ2v) is 6.23. The molecule has 4 rings (SSSR count). The lowest BCUT2D eigenvalue weighted by atomic mass is 10.1. The third-order valence-corrected chi connectivity index (χ3v) is 4.24. The highest BCUT2D eigenvalue weighted by molar-refractivity contribution is 5.78. The summed E-state index contributed by atoms with van der Waals surface area (Å²) in [6.45, 7) is 2.87. The van der Waals surface area contributed by atoms with E-state index in [1.807, 2.05) is 37.3 Å². The number of hydrogen-bond acceptors (Lipinski definition) is 7. The highest BCUT2D eigenvalue weighted by atomic mass is 16.6. The van der Waals surface area contributed by atoms with Gasteiger partial charge in [0.1, 0.15) is 25.3 Å². The van der Waals surface area contributed by atoms with E-state index in [1.54, 1.807) is 12.1 Å². The largest absolute Gasteiger partial charge is 0.486 e. The van der Waals surface area contributed by atoms with Crippen molar-refractivity contribution >= 4 is 5.91 Å². The summed E-state index contributed by atoms with van der Waals surface area (Å²) in [5.41, 5.74) is 1.67. The topological polar surface area (TPSA) is 100 Å². The quantitative estimate of drug-likeness (QED) is 0.693. The zero-order valence-electron chi connectivity index (χ0n) is 15.2. The maximum atomic E-state index is 12.3. The predicted molar refractivity (Wildman–Crippen MR) is 98.6 cm³/mol. The van der Waals surface area contributed by atoms with Gasteiger partial charge in [0.25, 0.3) is 5.91 Å². The minimum atomic E-state index is -0.227. The van der Waals surface area contributed by atoms with Crippen LogP contribution < -0.4 is 19.5 Å². The molecule has 1 aliphatic rings. The third-order valence-electron chi connectivity index (χ3n) is 4.24. The molecule has 2 aromatic carbocycles. The van der Waals surface area contributed by atoms with Crippen molar-refractivity contribution in [1.82, 2.24) is 25.5 Å². The first kappa shape index (κ1) is 17.8. The van der Waals surface area contributed by atoms with E-state index >= 15 is 0 Å². The molecule has 1 amide bonds. The number of benzene rings is 2. The number of carbonyl (C=O) groups excluding carboxylic acids is 1. The third kappa shape index (κ3) is 4.03. The molecule has 1 N–H and O–H groups in total. The molecule has 1 atom stereocenters. The zero-order valence-corrected chi connectivity index (χ0v) is 15.2. The lowest BCUT2D eigenvalue weighted by Crippen LogP contribution is -2.31. The van der Waals surface area contributed by atoms with Crippen molar-refractivity contribution < 1.29 is 19.0 Å². The second-order valence-electron chi connectivity index (χ2n) is 6.23. The van der Waals surface area contributed by atoms with Crippen molar-refractivity contribution in [2.24, 2.45) is 0 Å². The normalized spacial score (nSPS) is 13.6. The number of aromatic nitrogens is 4. The number of ether oxygens (including phenoxy) is 3. The Balaban J connectivity index is 1.34. The van der Waals surface area contributed by atoms with Crippen molar-refractivity contribution in [3.8, 4) is 22.9 Å². The molecular formula is C19H19N5O4. The van der Waals surface area contributed by atoms with Gasteiger partial charge in [-0.2, -0.15) is 0 Å². The highest BCUT2D eigenvalue weighted by Crippen LogP contribution is 2.32. The number of fused-ring (bicyclic) bond motifs is 1. The molecule has 0 radical (unpaired) electrons. The van der Waals surface area contributed by atoms with Crippen LogP contribution in [0.2, 0.25) is 0 Å². The van der Waals surface area contributed by atoms with Gasteiger partial charge < -0.3 is 19.5 Å². The molecule has 0 fully saturated rings.